The molecular formula is C26H20N4O2S3. The van der Waals surface area contributed by atoms with Crippen LogP contribution in [0.4, 0.5) is 0 Å². The van der Waals surface area contributed by atoms with Crippen LogP contribution in [0, 0.1) is 0 Å². The molecule has 0 spiro atoms. The lowest BCUT2D eigenvalue weighted by atomic mass is 10.0. The summed E-state index contributed by atoms with van der Waals surface area (Å²) >= 11 is 3.14. The fourth-order valence-corrected chi connectivity index (χ4v) is 7.08. The van der Waals surface area contributed by atoms with E-state index in [9.17, 15) is 8.42 Å². The Morgan fingerprint density at radius 1 is 0.800 bits per heavy atom. The Kier molecular flexibility index (Phi) is 5.60. The first kappa shape index (κ1) is 22.0. The Hall–Kier alpha value is -3.53. The van der Waals surface area contributed by atoms with E-state index in [0.29, 0.717) is 6.42 Å². The van der Waals surface area contributed by atoms with Crippen molar-refractivity contribution in [3.63, 3.8) is 0 Å². The molecule has 0 saturated heterocycles. The molecular weight excluding hydrogens is 497 g/mol. The summed E-state index contributed by atoms with van der Waals surface area (Å²) in [4.78, 5) is 2.17. The van der Waals surface area contributed by atoms with E-state index in [4.69, 9.17) is 5.10 Å². The highest BCUT2D eigenvalue weighted by Gasteiger charge is 2.40. The van der Waals surface area contributed by atoms with E-state index in [1.165, 1.54) is 4.41 Å². The highest BCUT2D eigenvalue weighted by Crippen LogP contribution is 2.42. The number of hydrazone groups is 1. The van der Waals surface area contributed by atoms with Crippen LogP contribution in [0.1, 0.15) is 22.9 Å². The monoisotopic (exact) mass is 516 g/mol. The molecule has 1 aliphatic rings. The van der Waals surface area contributed by atoms with E-state index in [0.717, 1.165) is 32.4 Å². The van der Waals surface area contributed by atoms with Crippen LogP contribution in [0.5, 0.6) is 0 Å². The number of nitrogens with zero attached hydrogens (tertiary/aromatic N) is 4. The molecule has 0 N–H and O–H groups in total. The molecule has 6 nitrogen and oxygen atoms in total. The Bertz CT molecular complexity index is 1580. The van der Waals surface area contributed by atoms with E-state index >= 15 is 0 Å². The number of thiophene rings is 2. The van der Waals surface area contributed by atoms with Crippen LogP contribution < -0.4 is 0 Å². The Balaban J connectivity index is 1.52. The van der Waals surface area contributed by atoms with Crippen LogP contribution in [0.25, 0.3) is 16.3 Å². The molecule has 0 radical (unpaired) electrons. The number of hydrogen-bond donors (Lipinski definition) is 0. The number of benzene rings is 2. The molecule has 0 bridgehead atoms. The normalized spacial score (nSPS) is 15.9. The molecule has 0 amide bonds. The molecule has 6 rings (SSSR count). The minimum atomic E-state index is -3.88. The van der Waals surface area contributed by atoms with Gasteiger partial charge in [-0.3, -0.25) is 0 Å². The van der Waals surface area contributed by atoms with Gasteiger partial charge in [0.05, 0.1) is 32.1 Å². The fourth-order valence-electron chi connectivity index (χ4n) is 4.18. The van der Waals surface area contributed by atoms with Gasteiger partial charge in [0.1, 0.15) is 5.69 Å². The number of hydrogen-bond acceptors (Lipinski definition) is 6. The van der Waals surface area contributed by atoms with Gasteiger partial charge < -0.3 is 0 Å². The quantitative estimate of drug-likeness (QED) is 0.270. The van der Waals surface area contributed by atoms with E-state index in [1.807, 2.05) is 76.2 Å². The number of aromatic nitrogens is 2. The predicted octanol–water partition coefficient (Wildman–Crippen LogP) is 6.20. The topological polar surface area (TPSA) is 67.6 Å². The minimum Gasteiger partial charge on any atom is -0.240 e. The van der Waals surface area contributed by atoms with Gasteiger partial charge in [-0.05, 0) is 47.2 Å². The van der Waals surface area contributed by atoms with Crippen LogP contribution in [-0.2, 0) is 10.0 Å². The van der Waals surface area contributed by atoms with E-state index in [-0.39, 0.29) is 4.90 Å². The second-order valence-electron chi connectivity index (χ2n) is 8.03. The Morgan fingerprint density at radius 3 is 2.11 bits per heavy atom. The second-order valence-corrected chi connectivity index (χ2v) is 11.7. The van der Waals surface area contributed by atoms with Crippen LogP contribution >= 0.6 is 22.7 Å². The van der Waals surface area contributed by atoms with Crippen LogP contribution in [-0.4, -0.2) is 28.3 Å². The molecule has 3 aromatic heterocycles. The highest BCUT2D eigenvalue weighted by molar-refractivity contribution is 7.89. The molecule has 0 unspecified atom stereocenters. The van der Waals surface area contributed by atoms with Crippen molar-refractivity contribution in [3.8, 4) is 16.3 Å². The molecule has 35 heavy (non-hydrogen) atoms. The Morgan fingerprint density at radius 2 is 1.46 bits per heavy atom. The number of rotatable bonds is 6. The molecule has 5 aromatic rings. The van der Waals surface area contributed by atoms with E-state index in [1.54, 1.807) is 53.0 Å². The van der Waals surface area contributed by atoms with Crippen molar-refractivity contribution < 1.29 is 8.42 Å². The van der Waals surface area contributed by atoms with Gasteiger partial charge in [0.25, 0.3) is 10.0 Å². The summed E-state index contributed by atoms with van der Waals surface area (Å²) in [6, 6.07) is 25.7. The van der Waals surface area contributed by atoms with Gasteiger partial charge in [-0.15, -0.1) is 22.7 Å². The summed E-state index contributed by atoms with van der Waals surface area (Å²) in [7, 11) is -3.88. The summed E-state index contributed by atoms with van der Waals surface area (Å²) in [5.41, 5.74) is 3.26. The second kappa shape index (κ2) is 8.92. The van der Waals surface area contributed by atoms with Gasteiger partial charge in [0.2, 0.25) is 0 Å². The van der Waals surface area contributed by atoms with Crippen molar-refractivity contribution >= 4 is 38.4 Å². The molecule has 4 heterocycles. The lowest BCUT2D eigenvalue weighted by Gasteiger charge is -2.23. The number of para-hydroxylation sites is 1. The largest absolute Gasteiger partial charge is 0.279 e. The standard InChI is InChI=1S/C26H20N4O2S3/c31-35(32,20-11-5-2-6-12-20)30-23(17-22(27-30)24-13-7-15-33-24)21-18-29(19-9-3-1-4-10-19)28-26(21)25-14-8-16-34-25/h1-16,18,23H,17H2/t23-/m0/s1. The first-order valence-corrected chi connectivity index (χ1v) is 14.2. The maximum atomic E-state index is 13.8. The molecule has 0 aliphatic carbocycles. The first-order valence-electron chi connectivity index (χ1n) is 11.0. The molecule has 1 aliphatic heterocycles. The van der Waals surface area contributed by atoms with Crippen molar-refractivity contribution in [3.05, 3.63) is 112 Å². The summed E-state index contributed by atoms with van der Waals surface area (Å²) in [5.74, 6) is 0. The molecule has 9 heteroatoms. The van der Waals surface area contributed by atoms with Crippen molar-refractivity contribution in [1.82, 2.24) is 14.2 Å². The van der Waals surface area contributed by atoms with E-state index < -0.39 is 16.1 Å². The maximum absolute atomic E-state index is 13.8. The lowest BCUT2D eigenvalue weighted by molar-refractivity contribution is 0.372. The third-order valence-electron chi connectivity index (χ3n) is 5.84. The van der Waals surface area contributed by atoms with Crippen molar-refractivity contribution in [2.45, 2.75) is 17.4 Å². The SMILES string of the molecule is O=S(=O)(c1ccccc1)N1N=C(c2cccs2)C[C@H]1c1cn(-c2ccccc2)nc1-c1cccs1. The Labute approximate surface area is 211 Å². The van der Waals surface area contributed by atoms with Crippen LogP contribution in [0.3, 0.4) is 0 Å². The van der Waals surface area contributed by atoms with Gasteiger partial charge in [0, 0.05) is 18.2 Å². The maximum Gasteiger partial charge on any atom is 0.279 e. The van der Waals surface area contributed by atoms with Gasteiger partial charge in [-0.1, -0.05) is 48.5 Å². The molecule has 1 atom stereocenters. The van der Waals surface area contributed by atoms with Crippen molar-refractivity contribution in [1.29, 1.82) is 0 Å². The summed E-state index contributed by atoms with van der Waals surface area (Å²) < 4.78 is 30.7. The third kappa shape index (κ3) is 4.01. The zero-order chi connectivity index (χ0) is 23.8. The van der Waals surface area contributed by atoms with Crippen LogP contribution in [0.2, 0.25) is 0 Å². The average molecular weight is 517 g/mol. The predicted molar refractivity (Wildman–Crippen MR) is 141 cm³/mol. The third-order valence-corrected chi connectivity index (χ3v) is 9.33. The van der Waals surface area contributed by atoms with Gasteiger partial charge in [-0.25, -0.2) is 4.68 Å². The van der Waals surface area contributed by atoms with Crippen molar-refractivity contribution in [2.75, 3.05) is 0 Å². The molecule has 0 fully saturated rings. The zero-order valence-electron chi connectivity index (χ0n) is 18.4. The van der Waals surface area contributed by atoms with Crippen molar-refractivity contribution in [2.24, 2.45) is 5.10 Å². The zero-order valence-corrected chi connectivity index (χ0v) is 20.9. The smallest absolute Gasteiger partial charge is 0.240 e. The van der Waals surface area contributed by atoms with E-state index in [2.05, 4.69) is 5.10 Å². The van der Waals surface area contributed by atoms with Gasteiger partial charge in [-0.2, -0.15) is 23.0 Å². The number of sulfonamides is 1. The molecule has 2 aromatic carbocycles. The fraction of sp³-hybridized carbons (Fsp3) is 0.0769. The minimum absolute atomic E-state index is 0.217. The molecule has 174 valence electrons. The summed E-state index contributed by atoms with van der Waals surface area (Å²) in [5, 5.41) is 13.6. The molecule has 0 saturated carbocycles. The van der Waals surface area contributed by atoms with Gasteiger partial charge >= 0.3 is 0 Å². The first-order chi connectivity index (χ1) is 17.1. The van der Waals surface area contributed by atoms with Crippen LogP contribution in [0.15, 0.2) is 112 Å². The summed E-state index contributed by atoms with van der Waals surface area (Å²) in [6.07, 6.45) is 2.40. The lowest BCUT2D eigenvalue weighted by Crippen LogP contribution is -2.27. The average Bonchev–Trinajstić information content (AvgIpc) is 3.70. The van der Waals surface area contributed by atoms with Gasteiger partial charge in [0.15, 0.2) is 0 Å². The highest BCUT2D eigenvalue weighted by atomic mass is 32.2. The summed E-state index contributed by atoms with van der Waals surface area (Å²) in [6.45, 7) is 0.